The Morgan fingerprint density at radius 1 is 1.03 bits per heavy atom. The number of aryl methyl sites for hydroxylation is 2. The Morgan fingerprint density at radius 2 is 1.85 bits per heavy atom. The van der Waals surface area contributed by atoms with Crippen molar-refractivity contribution in [3.63, 3.8) is 0 Å². The van der Waals surface area contributed by atoms with Gasteiger partial charge in [0.1, 0.15) is 5.82 Å². The number of nitrogens with one attached hydrogen (secondary N) is 1. The number of tetrazole rings is 1. The van der Waals surface area contributed by atoms with Crippen LogP contribution in [0.4, 0.5) is 0 Å². The van der Waals surface area contributed by atoms with E-state index >= 15 is 0 Å². The summed E-state index contributed by atoms with van der Waals surface area (Å²) in [7, 11) is 0. The number of benzene rings is 1. The number of ketones is 1. The lowest BCUT2D eigenvalue weighted by Gasteiger charge is -2.14. The van der Waals surface area contributed by atoms with E-state index in [0.717, 1.165) is 53.6 Å². The number of imidazole rings is 1. The van der Waals surface area contributed by atoms with Crippen molar-refractivity contribution in [1.29, 1.82) is 0 Å². The van der Waals surface area contributed by atoms with Gasteiger partial charge in [-0.3, -0.25) is 18.9 Å². The van der Waals surface area contributed by atoms with Crippen molar-refractivity contribution in [1.82, 2.24) is 39.3 Å². The van der Waals surface area contributed by atoms with Gasteiger partial charge < -0.3 is 4.57 Å². The third-order valence-electron chi connectivity index (χ3n) is 6.89. The van der Waals surface area contributed by atoms with E-state index in [2.05, 4.69) is 39.5 Å². The summed E-state index contributed by atoms with van der Waals surface area (Å²) >= 11 is 0. The molecule has 0 spiro atoms. The van der Waals surface area contributed by atoms with Crippen molar-refractivity contribution < 1.29 is 4.79 Å². The van der Waals surface area contributed by atoms with Gasteiger partial charge in [-0.2, -0.15) is 5.21 Å². The maximum Gasteiger partial charge on any atom is 0.334 e. The van der Waals surface area contributed by atoms with Gasteiger partial charge in [0.25, 0.3) is 0 Å². The number of aromatic nitrogens is 8. The Labute approximate surface area is 226 Å². The number of carbonyl (C=O) groups is 1. The first-order valence-corrected chi connectivity index (χ1v) is 13.3. The predicted octanol–water partition coefficient (Wildman–Crippen LogP) is 4.69. The fraction of sp³-hybridized carbons (Fsp3) is 0.310. The van der Waals surface area contributed by atoms with Crippen molar-refractivity contribution in [2.24, 2.45) is 0 Å². The van der Waals surface area contributed by atoms with E-state index in [1.54, 1.807) is 27.6 Å². The molecule has 5 aromatic rings. The van der Waals surface area contributed by atoms with Gasteiger partial charge in [0.2, 0.25) is 5.82 Å². The SMILES string of the molecule is CCCCc1cn(-c2c(C(C)=O)ccn2CCC)c(=O)n1Cc1cnccc1-c1ccccc1-c1nn[nH]n1. The fourth-order valence-electron chi connectivity index (χ4n) is 5.01. The lowest BCUT2D eigenvalue weighted by Crippen LogP contribution is -2.27. The molecule has 0 radical (unpaired) electrons. The van der Waals surface area contributed by atoms with Crippen LogP contribution in [0, 0.1) is 0 Å². The van der Waals surface area contributed by atoms with Gasteiger partial charge in [-0.1, -0.05) is 44.5 Å². The van der Waals surface area contributed by atoms with Crippen LogP contribution in [-0.4, -0.2) is 45.1 Å². The minimum absolute atomic E-state index is 0.0674. The first kappa shape index (κ1) is 26.0. The minimum atomic E-state index is -0.180. The molecule has 0 unspecified atom stereocenters. The Morgan fingerprint density at radius 3 is 2.56 bits per heavy atom. The highest BCUT2D eigenvalue weighted by atomic mass is 16.2. The predicted molar refractivity (Wildman–Crippen MR) is 149 cm³/mol. The topological polar surface area (TPSA) is 116 Å². The maximum atomic E-state index is 14.0. The number of Topliss-reactive ketones (excluding diaryl/α,β-unsaturated/α-hetero) is 1. The van der Waals surface area contributed by atoms with Crippen LogP contribution in [0.2, 0.25) is 0 Å². The standard InChI is InChI=1S/C29H32N8O2/c1-4-6-9-22-19-37(28-23(20(3)38)13-16-35(28)15-5-2)29(39)36(22)18-21-17-30-14-12-24(21)25-10-7-8-11-26(25)27-31-33-34-32-27/h7-8,10-14,16-17,19H,4-6,9,15,18H2,1-3H3,(H,31,32,33,34). The van der Waals surface area contributed by atoms with Crippen LogP contribution in [0.5, 0.6) is 0 Å². The summed E-state index contributed by atoms with van der Waals surface area (Å²) in [6, 6.07) is 11.6. The smallest absolute Gasteiger partial charge is 0.333 e. The molecule has 0 saturated heterocycles. The summed E-state index contributed by atoms with van der Waals surface area (Å²) in [6.07, 6.45) is 10.9. The first-order valence-electron chi connectivity index (χ1n) is 13.3. The van der Waals surface area contributed by atoms with Crippen molar-refractivity contribution >= 4 is 5.78 Å². The number of carbonyl (C=O) groups excluding carboxylic acids is 1. The average Bonchev–Trinajstić information content (AvgIpc) is 3.69. The zero-order valence-electron chi connectivity index (χ0n) is 22.5. The van der Waals surface area contributed by atoms with E-state index < -0.39 is 0 Å². The second kappa shape index (κ2) is 11.4. The molecular formula is C29H32N8O2. The quantitative estimate of drug-likeness (QED) is 0.251. The largest absolute Gasteiger partial charge is 0.334 e. The molecule has 4 aromatic heterocycles. The number of aromatic amines is 1. The molecule has 0 saturated carbocycles. The lowest BCUT2D eigenvalue weighted by atomic mass is 9.96. The van der Waals surface area contributed by atoms with Crippen LogP contribution in [0.1, 0.15) is 61.6 Å². The average molecular weight is 525 g/mol. The van der Waals surface area contributed by atoms with Gasteiger partial charge in [0, 0.05) is 42.6 Å². The maximum absolute atomic E-state index is 14.0. The van der Waals surface area contributed by atoms with E-state index in [9.17, 15) is 9.59 Å². The number of rotatable bonds is 11. The molecule has 4 heterocycles. The Hall–Kier alpha value is -4.60. The zero-order valence-corrected chi connectivity index (χ0v) is 22.5. The summed E-state index contributed by atoms with van der Waals surface area (Å²) in [5.41, 5.74) is 4.86. The molecule has 0 fully saturated rings. The van der Waals surface area contributed by atoms with Gasteiger partial charge in [-0.15, -0.1) is 10.2 Å². The van der Waals surface area contributed by atoms with E-state index in [0.29, 0.717) is 30.3 Å². The van der Waals surface area contributed by atoms with Gasteiger partial charge in [-0.05, 0) is 60.2 Å². The van der Waals surface area contributed by atoms with Crippen molar-refractivity contribution in [2.45, 2.75) is 59.5 Å². The molecule has 1 N–H and O–H groups in total. The van der Waals surface area contributed by atoms with Crippen LogP contribution in [0.25, 0.3) is 28.3 Å². The minimum Gasteiger partial charge on any atom is -0.333 e. The second-order valence-electron chi connectivity index (χ2n) is 9.58. The van der Waals surface area contributed by atoms with E-state index in [1.165, 1.54) is 6.92 Å². The van der Waals surface area contributed by atoms with Crippen LogP contribution in [0.15, 0.2) is 66.0 Å². The number of hydrogen-bond acceptors (Lipinski definition) is 6. The highest BCUT2D eigenvalue weighted by molar-refractivity contribution is 5.97. The summed E-state index contributed by atoms with van der Waals surface area (Å²) in [4.78, 5) is 30.9. The number of unbranched alkanes of at least 4 members (excludes halogenated alkanes) is 1. The van der Waals surface area contributed by atoms with Gasteiger partial charge >= 0.3 is 5.69 Å². The van der Waals surface area contributed by atoms with E-state index in [1.807, 2.05) is 47.3 Å². The molecule has 0 aliphatic heterocycles. The molecule has 1 aromatic carbocycles. The first-order chi connectivity index (χ1) is 19.0. The van der Waals surface area contributed by atoms with Crippen molar-refractivity contribution in [2.75, 3.05) is 0 Å². The second-order valence-corrected chi connectivity index (χ2v) is 9.58. The van der Waals surface area contributed by atoms with E-state index in [4.69, 9.17) is 0 Å². The summed E-state index contributed by atoms with van der Waals surface area (Å²) < 4.78 is 5.43. The summed E-state index contributed by atoms with van der Waals surface area (Å²) in [6.45, 7) is 6.79. The fourth-order valence-corrected chi connectivity index (χ4v) is 5.01. The van der Waals surface area contributed by atoms with E-state index in [-0.39, 0.29) is 11.5 Å². The number of pyridine rings is 1. The number of hydrogen-bond donors (Lipinski definition) is 1. The van der Waals surface area contributed by atoms with Crippen LogP contribution >= 0.6 is 0 Å². The van der Waals surface area contributed by atoms with Crippen molar-refractivity contribution in [3.8, 4) is 28.3 Å². The summed E-state index contributed by atoms with van der Waals surface area (Å²) in [5, 5.41) is 14.6. The lowest BCUT2D eigenvalue weighted by molar-refractivity contribution is 0.101. The summed E-state index contributed by atoms with van der Waals surface area (Å²) in [5.74, 6) is 1.05. The Bertz CT molecular complexity index is 1640. The molecule has 0 bridgehead atoms. The monoisotopic (exact) mass is 524 g/mol. The Balaban J connectivity index is 1.64. The van der Waals surface area contributed by atoms with Gasteiger partial charge in [0.05, 0.1) is 12.1 Å². The van der Waals surface area contributed by atoms with Gasteiger partial charge in [-0.25, -0.2) is 4.79 Å². The molecule has 10 nitrogen and oxygen atoms in total. The molecule has 0 aliphatic carbocycles. The molecule has 200 valence electrons. The molecule has 0 aliphatic rings. The van der Waals surface area contributed by atoms with Gasteiger partial charge in [0.15, 0.2) is 5.78 Å². The molecular weight excluding hydrogens is 492 g/mol. The van der Waals surface area contributed by atoms with Crippen molar-refractivity contribution in [3.05, 3.63) is 88.5 Å². The van der Waals surface area contributed by atoms with Crippen LogP contribution in [0.3, 0.4) is 0 Å². The number of H-pyrrole nitrogens is 1. The molecule has 0 amide bonds. The third kappa shape index (κ3) is 5.09. The third-order valence-corrected chi connectivity index (χ3v) is 6.89. The molecule has 39 heavy (non-hydrogen) atoms. The van der Waals surface area contributed by atoms with Crippen LogP contribution in [-0.2, 0) is 19.5 Å². The molecule has 10 heteroatoms. The molecule has 5 rings (SSSR count). The highest BCUT2D eigenvalue weighted by Gasteiger charge is 2.21. The molecule has 0 atom stereocenters. The Kier molecular flexibility index (Phi) is 7.62. The zero-order chi connectivity index (χ0) is 27.4. The normalized spacial score (nSPS) is 11.3. The number of nitrogens with zero attached hydrogens (tertiary/aromatic N) is 7. The van der Waals surface area contributed by atoms with Crippen LogP contribution < -0.4 is 5.69 Å². The highest BCUT2D eigenvalue weighted by Crippen LogP contribution is 2.32.